The van der Waals surface area contributed by atoms with Crippen molar-refractivity contribution in [3.8, 4) is 11.1 Å². The van der Waals surface area contributed by atoms with Gasteiger partial charge in [-0.3, -0.25) is 0 Å². The van der Waals surface area contributed by atoms with Gasteiger partial charge in [0.25, 0.3) is 0 Å². The summed E-state index contributed by atoms with van der Waals surface area (Å²) in [5, 5.41) is 16.1. The van der Waals surface area contributed by atoms with Gasteiger partial charge in [-0.15, -0.1) is 0 Å². The van der Waals surface area contributed by atoms with Gasteiger partial charge >= 0.3 is 0 Å². The van der Waals surface area contributed by atoms with Crippen molar-refractivity contribution < 1.29 is 0 Å². The highest BCUT2D eigenvalue weighted by molar-refractivity contribution is 14.1. The van der Waals surface area contributed by atoms with Gasteiger partial charge in [-0.1, -0.05) is 158 Å². The quantitative estimate of drug-likeness (QED) is 0.102. The zero-order valence-corrected chi connectivity index (χ0v) is 35.8. The molecule has 4 nitrogen and oxygen atoms in total. The van der Waals surface area contributed by atoms with E-state index in [1.54, 1.807) is 0 Å². The van der Waals surface area contributed by atoms with E-state index in [0.29, 0.717) is 0 Å². The number of nitrogens with zero attached hydrogens (tertiary/aromatic N) is 3. The Labute approximate surface area is 368 Å². The third kappa shape index (κ3) is 5.54. The highest BCUT2D eigenvalue weighted by Gasteiger charge is 2.27. The van der Waals surface area contributed by atoms with Crippen molar-refractivity contribution in [2.24, 2.45) is 0 Å². The van der Waals surface area contributed by atoms with Crippen LogP contribution in [0.15, 0.2) is 200 Å². The third-order valence-corrected chi connectivity index (χ3v) is 13.8. The van der Waals surface area contributed by atoms with Gasteiger partial charge in [0.05, 0.1) is 56.7 Å². The van der Waals surface area contributed by atoms with Gasteiger partial charge in [0, 0.05) is 43.6 Å². The second kappa shape index (κ2) is 14.5. The first-order valence-electron chi connectivity index (χ1n) is 21.2. The van der Waals surface area contributed by atoms with Crippen molar-refractivity contribution in [2.75, 3.05) is 10.3 Å². The molecule has 0 bridgehead atoms. The average Bonchev–Trinajstić information content (AvgIpc) is 3.85. The Morgan fingerprint density at radius 3 is 2.08 bits per heavy atom. The Bertz CT molecular complexity index is 3600. The molecule has 1 atom stereocenters. The van der Waals surface area contributed by atoms with Crippen LogP contribution in [-0.2, 0) is 0 Å². The molecule has 292 valence electrons. The van der Waals surface area contributed by atoms with Crippen molar-refractivity contribution in [2.45, 2.75) is 18.9 Å². The van der Waals surface area contributed by atoms with Gasteiger partial charge in [-0.05, 0) is 94.5 Å². The van der Waals surface area contributed by atoms with E-state index in [2.05, 4.69) is 235 Å². The molecule has 0 saturated heterocycles. The number of hydrogen-bond donors (Lipinski definition) is 1. The summed E-state index contributed by atoms with van der Waals surface area (Å²) in [6.07, 6.45) is 17.6. The number of halogens is 1. The summed E-state index contributed by atoms with van der Waals surface area (Å²) in [6, 6.07) is 56.4. The van der Waals surface area contributed by atoms with Crippen LogP contribution < -0.4 is 8.54 Å². The number of hydrogen-bond acceptors (Lipinski definition) is 2. The van der Waals surface area contributed by atoms with Crippen LogP contribution in [0.1, 0.15) is 18.4 Å². The summed E-state index contributed by atoms with van der Waals surface area (Å²) in [5.74, 6) is 0. The lowest BCUT2D eigenvalue weighted by Crippen LogP contribution is -2.31. The Balaban J connectivity index is 1.17. The number of likely N-dealkylation sites (N-methyl/N-ethyl adjacent to an activating group) is 1. The maximum Gasteiger partial charge on any atom is 0.0834 e. The minimum atomic E-state index is 0.0581. The molecule has 2 heterocycles. The van der Waals surface area contributed by atoms with E-state index in [-0.39, 0.29) is 6.04 Å². The van der Waals surface area contributed by atoms with E-state index in [1.807, 2.05) is 7.05 Å². The summed E-state index contributed by atoms with van der Waals surface area (Å²) in [7, 11) is 2.04. The van der Waals surface area contributed by atoms with E-state index in [4.69, 9.17) is 0 Å². The maximum atomic E-state index is 3.56. The normalized spacial score (nSPS) is 16.2. The van der Waals surface area contributed by atoms with E-state index in [9.17, 15) is 0 Å². The third-order valence-electron chi connectivity index (χ3n) is 12.9. The second-order valence-electron chi connectivity index (χ2n) is 16.1. The highest BCUT2D eigenvalue weighted by atomic mass is 127. The molecule has 8 aromatic carbocycles. The lowest BCUT2D eigenvalue weighted by atomic mass is 9.88. The molecule has 0 saturated carbocycles. The zero-order chi connectivity index (χ0) is 40.6. The van der Waals surface area contributed by atoms with Crippen molar-refractivity contribution in [1.82, 2.24) is 14.6 Å². The molecule has 1 unspecified atom stereocenters. The van der Waals surface area contributed by atoms with Crippen LogP contribution in [0.25, 0.3) is 98.5 Å². The standard InChI is InChI=1S/C56H41IN4/c1-58-49-29-15-12-27-44(49)55(36-18-4-2-5-19-36)61(57)60-52-31-17-14-28-45(52)54-53-42-25-10-8-22-39(42)46(35-48(53)40-23-9-11-26-43(40)56(54)60)37-32-33-51-47(34-37)41-24-13-16-30-50(41)59(51)38-20-6-3-7-21-38/h2-6,8-20,22-35,49,58H,7,21H2,1H3/b55-44-. The lowest BCUT2D eigenvalue weighted by molar-refractivity contribution is 0.760. The molecule has 10 aromatic rings. The molecular formula is C56H41IN4. The fraction of sp³-hybridized carbons (Fsp3) is 0.0714. The number of rotatable bonds is 6. The molecule has 12 rings (SSSR count). The fourth-order valence-corrected chi connectivity index (χ4v) is 11.3. The molecular weight excluding hydrogens is 856 g/mol. The van der Waals surface area contributed by atoms with Gasteiger partial charge in [-0.25, -0.2) is 7.90 Å². The zero-order valence-electron chi connectivity index (χ0n) is 33.7. The predicted octanol–water partition coefficient (Wildman–Crippen LogP) is 14.6. The summed E-state index contributed by atoms with van der Waals surface area (Å²) in [6.45, 7) is 0. The monoisotopic (exact) mass is 896 g/mol. The Hall–Kier alpha value is -6.67. The van der Waals surface area contributed by atoms with Crippen molar-refractivity contribution in [3.63, 3.8) is 0 Å². The summed E-state index contributed by atoms with van der Waals surface area (Å²) >= 11 is 2.55. The molecule has 0 radical (unpaired) electrons. The number of aromatic nitrogens is 2. The van der Waals surface area contributed by atoms with Crippen LogP contribution in [0.3, 0.4) is 0 Å². The first-order valence-corrected chi connectivity index (χ1v) is 22.1. The number of fused-ring (bicyclic) bond motifs is 13. The van der Waals surface area contributed by atoms with E-state index < -0.39 is 0 Å². The molecule has 5 heteroatoms. The molecule has 61 heavy (non-hydrogen) atoms. The molecule has 1 N–H and O–H groups in total. The summed E-state index contributed by atoms with van der Waals surface area (Å²) < 4.78 is 7.30. The Morgan fingerprint density at radius 2 is 1.30 bits per heavy atom. The molecule has 0 spiro atoms. The smallest absolute Gasteiger partial charge is 0.0834 e. The molecule has 0 fully saturated rings. The molecule has 2 aromatic heterocycles. The van der Waals surface area contributed by atoms with E-state index >= 15 is 0 Å². The summed E-state index contributed by atoms with van der Waals surface area (Å²) in [5.41, 5.74) is 12.2. The predicted molar refractivity (Wildman–Crippen MR) is 270 cm³/mol. The van der Waals surface area contributed by atoms with Crippen LogP contribution >= 0.6 is 22.9 Å². The van der Waals surface area contributed by atoms with Gasteiger partial charge in [0.1, 0.15) is 0 Å². The van der Waals surface area contributed by atoms with Crippen LogP contribution in [0.5, 0.6) is 0 Å². The van der Waals surface area contributed by atoms with Gasteiger partial charge < -0.3 is 9.88 Å². The van der Waals surface area contributed by atoms with Crippen LogP contribution in [-0.4, -0.2) is 22.3 Å². The minimum absolute atomic E-state index is 0.0581. The number of para-hydroxylation sites is 2. The number of nitrogens with one attached hydrogen (secondary N) is 1. The Kier molecular flexibility index (Phi) is 8.61. The number of benzene rings is 8. The largest absolute Gasteiger partial charge is 0.313 e. The SMILES string of the molecule is CNC1C=CC=C/C1=C(\c1ccccc1)N(I)n1c2ccccc2c2c3c4ccccc4c(-c4ccc5c(c4)c4ccccc4n5C4=CC=CCC4)cc3c3ccccc3c21. The first kappa shape index (κ1) is 36.2. The van der Waals surface area contributed by atoms with E-state index in [0.717, 1.165) is 29.6 Å². The van der Waals surface area contributed by atoms with Crippen molar-refractivity contribution >= 4 is 110 Å². The average molecular weight is 897 g/mol. The van der Waals surface area contributed by atoms with Crippen LogP contribution in [0.2, 0.25) is 0 Å². The molecule has 2 aliphatic carbocycles. The molecule has 0 amide bonds. The molecule has 2 aliphatic rings. The fourth-order valence-electron chi connectivity index (χ4n) is 10.2. The van der Waals surface area contributed by atoms with Gasteiger partial charge in [0.15, 0.2) is 0 Å². The minimum Gasteiger partial charge on any atom is -0.313 e. The topological polar surface area (TPSA) is 25.1 Å². The summed E-state index contributed by atoms with van der Waals surface area (Å²) in [4.78, 5) is 0. The van der Waals surface area contributed by atoms with Crippen LogP contribution in [0.4, 0.5) is 0 Å². The van der Waals surface area contributed by atoms with Crippen LogP contribution in [0, 0.1) is 0 Å². The van der Waals surface area contributed by atoms with Gasteiger partial charge in [0.2, 0.25) is 0 Å². The Morgan fingerprint density at radius 1 is 0.607 bits per heavy atom. The maximum absolute atomic E-state index is 3.56. The van der Waals surface area contributed by atoms with Crippen molar-refractivity contribution in [3.05, 3.63) is 205 Å². The first-order chi connectivity index (χ1) is 30.2. The highest BCUT2D eigenvalue weighted by Crippen LogP contribution is 2.48. The van der Waals surface area contributed by atoms with Crippen molar-refractivity contribution in [1.29, 1.82) is 0 Å². The van der Waals surface area contributed by atoms with E-state index in [1.165, 1.54) is 92.8 Å². The molecule has 0 aliphatic heterocycles. The van der Waals surface area contributed by atoms with Gasteiger partial charge in [-0.2, -0.15) is 0 Å². The second-order valence-corrected chi connectivity index (χ2v) is 17.1. The number of allylic oxidation sites excluding steroid dienone is 6. The lowest BCUT2D eigenvalue weighted by Gasteiger charge is -2.29.